The minimum atomic E-state index is 0.0815. The summed E-state index contributed by atoms with van der Waals surface area (Å²) in [7, 11) is 0. The summed E-state index contributed by atoms with van der Waals surface area (Å²) in [4.78, 5) is 13.9. The molecule has 0 radical (unpaired) electrons. The van der Waals surface area contributed by atoms with E-state index >= 15 is 0 Å². The van der Waals surface area contributed by atoms with E-state index in [2.05, 4.69) is 0 Å². The number of alkyl halides is 1. The second-order valence-electron chi connectivity index (χ2n) is 4.79. The summed E-state index contributed by atoms with van der Waals surface area (Å²) >= 11 is 5.64. The summed E-state index contributed by atoms with van der Waals surface area (Å²) in [6.07, 6.45) is 6.49. The highest BCUT2D eigenvalue weighted by atomic mass is 35.5. The second kappa shape index (κ2) is 7.95. The molecular formula is C16H20ClNO2. The molecule has 20 heavy (non-hydrogen) atoms. The predicted molar refractivity (Wildman–Crippen MR) is 82.1 cm³/mol. The van der Waals surface area contributed by atoms with Gasteiger partial charge in [0.1, 0.15) is 5.75 Å². The van der Waals surface area contributed by atoms with Crippen molar-refractivity contribution in [1.29, 1.82) is 0 Å². The van der Waals surface area contributed by atoms with E-state index in [4.69, 9.17) is 16.3 Å². The SMILES string of the molecule is O=C(C=Cc1ccccc1OCCCCl)N1CCCC1. The highest BCUT2D eigenvalue weighted by molar-refractivity contribution is 6.17. The highest BCUT2D eigenvalue weighted by Gasteiger charge is 2.15. The van der Waals surface area contributed by atoms with Crippen molar-refractivity contribution in [3.8, 4) is 5.75 Å². The van der Waals surface area contributed by atoms with Gasteiger partial charge in [0.2, 0.25) is 5.91 Å². The maximum atomic E-state index is 12.0. The average molecular weight is 294 g/mol. The molecule has 1 heterocycles. The molecule has 0 unspecified atom stereocenters. The lowest BCUT2D eigenvalue weighted by atomic mass is 10.2. The third-order valence-corrected chi connectivity index (χ3v) is 3.55. The van der Waals surface area contributed by atoms with Gasteiger partial charge in [0.15, 0.2) is 0 Å². The Labute approximate surface area is 125 Å². The molecule has 0 aliphatic carbocycles. The number of carbonyl (C=O) groups excluding carboxylic acids is 1. The first-order valence-corrected chi connectivity index (χ1v) is 7.59. The molecule has 1 amide bonds. The van der Waals surface area contributed by atoms with Crippen molar-refractivity contribution >= 4 is 23.6 Å². The summed E-state index contributed by atoms with van der Waals surface area (Å²) in [6, 6.07) is 7.72. The number of likely N-dealkylation sites (tertiary alicyclic amines) is 1. The van der Waals surface area contributed by atoms with Crippen molar-refractivity contribution in [3.05, 3.63) is 35.9 Å². The average Bonchev–Trinajstić information content (AvgIpc) is 3.00. The van der Waals surface area contributed by atoms with Crippen LogP contribution in [0.5, 0.6) is 5.75 Å². The van der Waals surface area contributed by atoms with E-state index in [0.29, 0.717) is 12.5 Å². The van der Waals surface area contributed by atoms with Crippen molar-refractivity contribution in [2.24, 2.45) is 0 Å². The van der Waals surface area contributed by atoms with Gasteiger partial charge in [-0.2, -0.15) is 0 Å². The Bertz CT molecular complexity index is 467. The summed E-state index contributed by atoms with van der Waals surface area (Å²) in [5.74, 6) is 1.46. The number of nitrogens with zero attached hydrogens (tertiary/aromatic N) is 1. The van der Waals surface area contributed by atoms with Crippen LogP contribution in [0.25, 0.3) is 6.08 Å². The van der Waals surface area contributed by atoms with E-state index in [0.717, 1.165) is 43.7 Å². The molecule has 0 spiro atoms. The van der Waals surface area contributed by atoms with Crippen LogP contribution >= 0.6 is 11.6 Å². The normalized spacial score (nSPS) is 14.9. The molecule has 1 aliphatic rings. The summed E-state index contributed by atoms with van der Waals surface area (Å²) in [6.45, 7) is 2.34. The molecule has 108 valence electrons. The van der Waals surface area contributed by atoms with Crippen LogP contribution in [-0.4, -0.2) is 36.4 Å². The summed E-state index contributed by atoms with van der Waals surface area (Å²) < 4.78 is 5.67. The molecular weight excluding hydrogens is 274 g/mol. The van der Waals surface area contributed by atoms with Gasteiger partial charge >= 0.3 is 0 Å². The largest absolute Gasteiger partial charge is 0.493 e. The van der Waals surface area contributed by atoms with Gasteiger partial charge < -0.3 is 9.64 Å². The fourth-order valence-corrected chi connectivity index (χ4v) is 2.30. The van der Waals surface area contributed by atoms with Crippen molar-refractivity contribution in [2.75, 3.05) is 25.6 Å². The number of hydrogen-bond donors (Lipinski definition) is 0. The Kier molecular flexibility index (Phi) is 5.93. The monoisotopic (exact) mass is 293 g/mol. The molecule has 4 heteroatoms. The lowest BCUT2D eigenvalue weighted by Gasteiger charge is -2.12. The number of amides is 1. The third kappa shape index (κ3) is 4.27. The molecule has 3 nitrogen and oxygen atoms in total. The van der Waals surface area contributed by atoms with E-state index in [1.54, 1.807) is 6.08 Å². The quantitative estimate of drug-likeness (QED) is 0.457. The van der Waals surface area contributed by atoms with Crippen LogP contribution in [0, 0.1) is 0 Å². The molecule has 1 fully saturated rings. The van der Waals surface area contributed by atoms with Crippen LogP contribution in [0.15, 0.2) is 30.3 Å². The number of halogens is 1. The van der Waals surface area contributed by atoms with Crippen LogP contribution in [0.2, 0.25) is 0 Å². The molecule has 1 aliphatic heterocycles. The zero-order valence-corrected chi connectivity index (χ0v) is 12.3. The van der Waals surface area contributed by atoms with Gasteiger partial charge in [-0.25, -0.2) is 0 Å². The standard InChI is InChI=1S/C16H20ClNO2/c17-10-5-13-20-15-7-2-1-6-14(15)8-9-16(19)18-11-3-4-12-18/h1-2,6-9H,3-5,10-13H2. The lowest BCUT2D eigenvalue weighted by molar-refractivity contribution is -0.124. The first-order valence-electron chi connectivity index (χ1n) is 7.06. The Balaban J connectivity index is 1.98. The van der Waals surface area contributed by atoms with Gasteiger partial charge in [0, 0.05) is 30.6 Å². The smallest absolute Gasteiger partial charge is 0.246 e. The molecule has 1 aromatic carbocycles. The van der Waals surface area contributed by atoms with Crippen molar-refractivity contribution in [1.82, 2.24) is 4.90 Å². The molecule has 0 saturated carbocycles. The maximum Gasteiger partial charge on any atom is 0.246 e. The van der Waals surface area contributed by atoms with Crippen molar-refractivity contribution in [2.45, 2.75) is 19.3 Å². The van der Waals surface area contributed by atoms with Gasteiger partial charge in [-0.3, -0.25) is 4.79 Å². The van der Waals surface area contributed by atoms with Crippen molar-refractivity contribution < 1.29 is 9.53 Å². The van der Waals surface area contributed by atoms with Gasteiger partial charge in [0.05, 0.1) is 6.61 Å². The zero-order chi connectivity index (χ0) is 14.2. The maximum absolute atomic E-state index is 12.0. The fraction of sp³-hybridized carbons (Fsp3) is 0.438. The molecule has 0 atom stereocenters. The number of para-hydroxylation sites is 1. The first-order chi connectivity index (χ1) is 9.81. The van der Waals surface area contributed by atoms with E-state index in [-0.39, 0.29) is 5.91 Å². The number of carbonyl (C=O) groups is 1. The Morgan fingerprint density at radius 1 is 1.30 bits per heavy atom. The lowest BCUT2D eigenvalue weighted by Crippen LogP contribution is -2.25. The van der Waals surface area contributed by atoms with E-state index in [1.807, 2.05) is 35.2 Å². The molecule has 0 N–H and O–H groups in total. The van der Waals surface area contributed by atoms with Crippen LogP contribution in [0.4, 0.5) is 0 Å². The Morgan fingerprint density at radius 2 is 2.05 bits per heavy atom. The number of hydrogen-bond acceptors (Lipinski definition) is 2. The second-order valence-corrected chi connectivity index (χ2v) is 5.17. The number of rotatable bonds is 6. The van der Waals surface area contributed by atoms with E-state index in [1.165, 1.54) is 0 Å². The Morgan fingerprint density at radius 3 is 2.80 bits per heavy atom. The molecule has 1 saturated heterocycles. The Hall–Kier alpha value is -1.48. The van der Waals surface area contributed by atoms with E-state index in [9.17, 15) is 4.79 Å². The van der Waals surface area contributed by atoms with Gasteiger partial charge in [-0.05, 0) is 31.4 Å². The summed E-state index contributed by atoms with van der Waals surface area (Å²) in [5.41, 5.74) is 0.926. The molecule has 0 aromatic heterocycles. The van der Waals surface area contributed by atoms with Crippen molar-refractivity contribution in [3.63, 3.8) is 0 Å². The van der Waals surface area contributed by atoms with Crippen LogP contribution < -0.4 is 4.74 Å². The minimum absolute atomic E-state index is 0.0815. The van der Waals surface area contributed by atoms with Gasteiger partial charge in [-0.15, -0.1) is 11.6 Å². The first kappa shape index (κ1) is 14.9. The van der Waals surface area contributed by atoms with Crippen LogP contribution in [0.3, 0.4) is 0 Å². The molecule has 2 rings (SSSR count). The highest BCUT2D eigenvalue weighted by Crippen LogP contribution is 2.20. The van der Waals surface area contributed by atoms with E-state index < -0.39 is 0 Å². The van der Waals surface area contributed by atoms with Crippen LogP contribution in [0.1, 0.15) is 24.8 Å². The van der Waals surface area contributed by atoms with Crippen LogP contribution in [-0.2, 0) is 4.79 Å². The number of benzene rings is 1. The molecule has 1 aromatic rings. The predicted octanol–water partition coefficient (Wildman–Crippen LogP) is 3.33. The number of ether oxygens (including phenoxy) is 1. The van der Waals surface area contributed by atoms with Gasteiger partial charge in [-0.1, -0.05) is 18.2 Å². The topological polar surface area (TPSA) is 29.5 Å². The zero-order valence-electron chi connectivity index (χ0n) is 11.6. The molecule has 0 bridgehead atoms. The summed E-state index contributed by atoms with van der Waals surface area (Å²) in [5, 5.41) is 0. The fourth-order valence-electron chi connectivity index (χ4n) is 2.19. The third-order valence-electron chi connectivity index (χ3n) is 3.28. The minimum Gasteiger partial charge on any atom is -0.493 e. The van der Waals surface area contributed by atoms with Gasteiger partial charge in [0.25, 0.3) is 0 Å².